The molecule has 0 spiro atoms. The molecule has 0 saturated carbocycles. The van der Waals surface area contributed by atoms with Crippen LogP contribution in [-0.2, 0) is 5.88 Å². The summed E-state index contributed by atoms with van der Waals surface area (Å²) in [6.45, 7) is 4.11. The molecule has 0 fully saturated rings. The molecule has 20 heavy (non-hydrogen) atoms. The maximum absolute atomic E-state index is 6.37. The van der Waals surface area contributed by atoms with Gasteiger partial charge >= 0.3 is 0 Å². The second-order valence-corrected chi connectivity index (χ2v) is 5.62. The molecular formula is C16H14Cl2N2. The highest BCUT2D eigenvalue weighted by Gasteiger charge is 2.14. The largest absolute Gasteiger partial charge is 0.294 e. The van der Waals surface area contributed by atoms with E-state index in [-0.39, 0.29) is 0 Å². The molecule has 0 amide bonds. The highest BCUT2D eigenvalue weighted by atomic mass is 35.5. The van der Waals surface area contributed by atoms with Crippen molar-refractivity contribution < 1.29 is 0 Å². The van der Waals surface area contributed by atoms with Crippen LogP contribution in [0, 0.1) is 13.8 Å². The standard InChI is InChI=1S/C16H14Cl2N2/c1-10-3-5-12(18)14(7-10)20-15-8-11(2)4-6-13(15)19-16(20)9-17/h3-8H,9H2,1-2H3. The van der Waals surface area contributed by atoms with E-state index in [4.69, 9.17) is 23.2 Å². The van der Waals surface area contributed by atoms with E-state index in [1.54, 1.807) is 0 Å². The maximum atomic E-state index is 6.37. The van der Waals surface area contributed by atoms with Crippen LogP contribution in [0.25, 0.3) is 16.7 Å². The minimum Gasteiger partial charge on any atom is -0.294 e. The van der Waals surface area contributed by atoms with Crippen LogP contribution < -0.4 is 0 Å². The number of hydrogen-bond acceptors (Lipinski definition) is 1. The molecule has 0 radical (unpaired) electrons. The first-order chi connectivity index (χ1) is 9.60. The molecule has 0 bridgehead atoms. The van der Waals surface area contributed by atoms with Gasteiger partial charge in [0.05, 0.1) is 27.6 Å². The number of imidazole rings is 1. The van der Waals surface area contributed by atoms with Gasteiger partial charge in [0.2, 0.25) is 0 Å². The average Bonchev–Trinajstić information content (AvgIpc) is 2.79. The van der Waals surface area contributed by atoms with E-state index in [1.807, 2.05) is 29.7 Å². The summed E-state index contributed by atoms with van der Waals surface area (Å²) in [5.74, 6) is 1.15. The SMILES string of the molecule is Cc1ccc(Cl)c(-n2c(CCl)nc3ccc(C)cc32)c1. The summed E-state index contributed by atoms with van der Waals surface area (Å²) < 4.78 is 2.05. The quantitative estimate of drug-likeness (QED) is 0.607. The number of benzene rings is 2. The van der Waals surface area contributed by atoms with Gasteiger partial charge in [-0.15, -0.1) is 11.6 Å². The number of aromatic nitrogens is 2. The van der Waals surface area contributed by atoms with E-state index in [0.29, 0.717) is 10.9 Å². The monoisotopic (exact) mass is 304 g/mol. The van der Waals surface area contributed by atoms with Crippen LogP contribution in [0.15, 0.2) is 36.4 Å². The molecule has 0 unspecified atom stereocenters. The molecule has 1 aromatic heterocycles. The van der Waals surface area contributed by atoms with Gasteiger partial charge in [0, 0.05) is 0 Å². The van der Waals surface area contributed by atoms with Crippen LogP contribution in [-0.4, -0.2) is 9.55 Å². The summed E-state index contributed by atoms with van der Waals surface area (Å²) >= 11 is 12.4. The number of hydrogen-bond donors (Lipinski definition) is 0. The van der Waals surface area contributed by atoms with Gasteiger partial charge in [0.25, 0.3) is 0 Å². The molecule has 0 aliphatic carbocycles. The second kappa shape index (κ2) is 5.12. The molecule has 2 aromatic carbocycles. The molecule has 0 atom stereocenters. The summed E-state index contributed by atoms with van der Waals surface area (Å²) in [7, 11) is 0. The summed E-state index contributed by atoms with van der Waals surface area (Å²) in [6.07, 6.45) is 0. The Hall–Kier alpha value is -1.51. The minimum absolute atomic E-state index is 0.345. The van der Waals surface area contributed by atoms with Crippen LogP contribution in [0.3, 0.4) is 0 Å². The van der Waals surface area contributed by atoms with E-state index < -0.39 is 0 Å². The number of fused-ring (bicyclic) bond motifs is 1. The zero-order valence-corrected chi connectivity index (χ0v) is 12.8. The van der Waals surface area contributed by atoms with E-state index in [1.165, 1.54) is 5.56 Å². The number of halogens is 2. The molecule has 3 aromatic rings. The van der Waals surface area contributed by atoms with Crippen LogP contribution in [0.2, 0.25) is 5.02 Å². The van der Waals surface area contributed by atoms with Crippen LogP contribution in [0.4, 0.5) is 0 Å². The first-order valence-electron chi connectivity index (χ1n) is 6.40. The van der Waals surface area contributed by atoms with E-state index >= 15 is 0 Å². The highest BCUT2D eigenvalue weighted by Crippen LogP contribution is 2.29. The number of nitrogens with zero attached hydrogens (tertiary/aromatic N) is 2. The molecule has 0 aliphatic rings. The van der Waals surface area contributed by atoms with E-state index in [9.17, 15) is 0 Å². The molecule has 1 heterocycles. The Morgan fingerprint density at radius 2 is 1.75 bits per heavy atom. The van der Waals surface area contributed by atoms with Crippen molar-refractivity contribution in [2.24, 2.45) is 0 Å². The predicted molar refractivity (Wildman–Crippen MR) is 85.1 cm³/mol. The summed E-state index contributed by atoms with van der Waals surface area (Å²) in [5, 5.41) is 0.697. The van der Waals surface area contributed by atoms with E-state index in [0.717, 1.165) is 28.1 Å². The summed E-state index contributed by atoms with van der Waals surface area (Å²) in [5.41, 5.74) is 5.23. The van der Waals surface area contributed by atoms with Crippen molar-refractivity contribution in [3.8, 4) is 5.69 Å². The van der Waals surface area contributed by atoms with Gasteiger partial charge < -0.3 is 0 Å². The van der Waals surface area contributed by atoms with Crippen molar-refractivity contribution in [2.45, 2.75) is 19.7 Å². The number of alkyl halides is 1. The molecule has 102 valence electrons. The van der Waals surface area contributed by atoms with Crippen molar-refractivity contribution in [1.29, 1.82) is 0 Å². The molecule has 3 rings (SSSR count). The Bertz CT molecular complexity index is 791. The molecule has 0 N–H and O–H groups in total. The average molecular weight is 305 g/mol. The maximum Gasteiger partial charge on any atom is 0.129 e. The first kappa shape index (κ1) is 13.5. The Balaban J connectivity index is 2.39. The third kappa shape index (κ3) is 2.19. The minimum atomic E-state index is 0.345. The Labute approximate surface area is 128 Å². The van der Waals surface area contributed by atoms with Gasteiger partial charge in [0.15, 0.2) is 0 Å². The Kier molecular flexibility index (Phi) is 3.45. The fraction of sp³-hybridized carbons (Fsp3) is 0.188. The second-order valence-electron chi connectivity index (χ2n) is 4.94. The number of aryl methyl sites for hydroxylation is 2. The van der Waals surface area contributed by atoms with Gasteiger partial charge in [0.1, 0.15) is 5.82 Å². The molecule has 4 heteroatoms. The third-order valence-corrected chi connectivity index (χ3v) is 3.90. The molecule has 0 saturated heterocycles. The van der Waals surface area contributed by atoms with Gasteiger partial charge in [-0.3, -0.25) is 4.57 Å². The molecule has 0 aliphatic heterocycles. The lowest BCUT2D eigenvalue weighted by molar-refractivity contribution is 0.980. The summed E-state index contributed by atoms with van der Waals surface area (Å²) in [4.78, 5) is 4.59. The predicted octanol–water partition coefficient (Wildman–Crippen LogP) is 5.03. The Morgan fingerprint density at radius 1 is 1.05 bits per heavy atom. The van der Waals surface area contributed by atoms with Crippen molar-refractivity contribution in [2.75, 3.05) is 0 Å². The Morgan fingerprint density at radius 3 is 2.50 bits per heavy atom. The van der Waals surface area contributed by atoms with Crippen LogP contribution in [0.5, 0.6) is 0 Å². The van der Waals surface area contributed by atoms with Crippen LogP contribution in [0.1, 0.15) is 17.0 Å². The fourth-order valence-electron chi connectivity index (χ4n) is 2.39. The smallest absolute Gasteiger partial charge is 0.129 e. The topological polar surface area (TPSA) is 17.8 Å². The fourth-order valence-corrected chi connectivity index (χ4v) is 2.77. The van der Waals surface area contributed by atoms with Crippen LogP contribution >= 0.6 is 23.2 Å². The molecular weight excluding hydrogens is 291 g/mol. The van der Waals surface area contributed by atoms with Gasteiger partial charge in [-0.25, -0.2) is 4.98 Å². The lowest BCUT2D eigenvalue weighted by atomic mass is 10.2. The van der Waals surface area contributed by atoms with Gasteiger partial charge in [-0.05, 0) is 49.2 Å². The normalized spacial score (nSPS) is 11.2. The molecule has 2 nitrogen and oxygen atoms in total. The van der Waals surface area contributed by atoms with Gasteiger partial charge in [-0.2, -0.15) is 0 Å². The zero-order chi connectivity index (χ0) is 14.3. The van der Waals surface area contributed by atoms with Crippen molar-refractivity contribution in [3.05, 3.63) is 58.4 Å². The first-order valence-corrected chi connectivity index (χ1v) is 7.32. The lowest BCUT2D eigenvalue weighted by Gasteiger charge is -2.11. The van der Waals surface area contributed by atoms with Crippen molar-refractivity contribution in [1.82, 2.24) is 9.55 Å². The van der Waals surface area contributed by atoms with Crippen molar-refractivity contribution >= 4 is 34.2 Å². The number of rotatable bonds is 2. The van der Waals surface area contributed by atoms with Gasteiger partial charge in [-0.1, -0.05) is 23.7 Å². The summed E-state index contributed by atoms with van der Waals surface area (Å²) in [6, 6.07) is 12.1. The van der Waals surface area contributed by atoms with Crippen molar-refractivity contribution in [3.63, 3.8) is 0 Å². The van der Waals surface area contributed by atoms with E-state index in [2.05, 4.69) is 30.1 Å². The highest BCUT2D eigenvalue weighted by molar-refractivity contribution is 6.32. The third-order valence-electron chi connectivity index (χ3n) is 3.34. The zero-order valence-electron chi connectivity index (χ0n) is 11.3. The lowest BCUT2D eigenvalue weighted by Crippen LogP contribution is -2.00.